The first-order valence-corrected chi connectivity index (χ1v) is 8.68. The number of benzene rings is 1. The lowest BCUT2D eigenvalue weighted by Gasteiger charge is -2.09. The summed E-state index contributed by atoms with van der Waals surface area (Å²) in [6.07, 6.45) is 3.28. The molecule has 2 heterocycles. The Balaban J connectivity index is 1.51. The van der Waals surface area contributed by atoms with Crippen LogP contribution in [0.4, 0.5) is 0 Å². The van der Waals surface area contributed by atoms with E-state index >= 15 is 0 Å². The smallest absolute Gasteiger partial charge is 0.267 e. The topological polar surface area (TPSA) is 95.3 Å². The van der Waals surface area contributed by atoms with Crippen LogP contribution >= 0.6 is 0 Å². The second-order valence-corrected chi connectivity index (χ2v) is 5.82. The molecule has 144 valence electrons. The lowest BCUT2D eigenvalue weighted by molar-refractivity contribution is -0.122. The average molecular weight is 380 g/mol. The normalized spacial score (nSPS) is 10.3. The molecule has 1 aromatic carbocycles. The van der Waals surface area contributed by atoms with E-state index in [1.165, 1.54) is 6.07 Å². The van der Waals surface area contributed by atoms with Gasteiger partial charge in [-0.1, -0.05) is 0 Å². The molecule has 2 aromatic heterocycles. The number of pyridine rings is 1. The molecule has 0 atom stereocenters. The molecule has 1 amide bonds. The van der Waals surface area contributed by atoms with Crippen molar-refractivity contribution in [3.8, 4) is 22.8 Å². The highest BCUT2D eigenvalue weighted by Crippen LogP contribution is 2.16. The van der Waals surface area contributed by atoms with Gasteiger partial charge in [0.1, 0.15) is 24.7 Å². The third-order valence-corrected chi connectivity index (χ3v) is 3.89. The number of amides is 1. The number of carbonyl (C=O) groups is 1. The summed E-state index contributed by atoms with van der Waals surface area (Å²) in [5, 5.41) is 6.96. The van der Waals surface area contributed by atoms with Gasteiger partial charge in [-0.05, 0) is 42.5 Å². The predicted octanol–water partition coefficient (Wildman–Crippen LogP) is 1.51. The second kappa shape index (κ2) is 9.31. The van der Waals surface area contributed by atoms with E-state index in [1.807, 2.05) is 0 Å². The van der Waals surface area contributed by atoms with E-state index < -0.39 is 0 Å². The summed E-state index contributed by atoms with van der Waals surface area (Å²) < 4.78 is 11.8. The van der Waals surface area contributed by atoms with E-state index in [9.17, 15) is 9.59 Å². The molecule has 0 fully saturated rings. The maximum Gasteiger partial charge on any atom is 0.267 e. The molecule has 0 saturated heterocycles. The van der Waals surface area contributed by atoms with Crippen LogP contribution in [0.3, 0.4) is 0 Å². The molecule has 0 saturated carbocycles. The van der Waals surface area contributed by atoms with Crippen LogP contribution in [0.1, 0.15) is 0 Å². The van der Waals surface area contributed by atoms with Crippen molar-refractivity contribution in [1.29, 1.82) is 0 Å². The summed E-state index contributed by atoms with van der Waals surface area (Å²) in [7, 11) is 1.60. The number of nitrogens with zero attached hydrogens (tertiary/aromatic N) is 3. The van der Waals surface area contributed by atoms with Crippen LogP contribution in [-0.2, 0) is 11.3 Å². The van der Waals surface area contributed by atoms with E-state index in [1.54, 1.807) is 62.0 Å². The standard InChI is InChI=1S/C20H20N4O4/c1-27-16-2-4-17(5-3-16)28-13-12-22-19(25)14-24-20(26)7-6-18(23-24)15-8-10-21-11-9-15/h2-11H,12-14H2,1H3,(H,22,25). The van der Waals surface area contributed by atoms with Crippen LogP contribution in [-0.4, -0.2) is 40.9 Å². The quantitative estimate of drug-likeness (QED) is 0.595. The molecule has 8 heteroatoms. The minimum atomic E-state index is -0.345. The van der Waals surface area contributed by atoms with Crippen molar-refractivity contribution < 1.29 is 14.3 Å². The number of hydrogen-bond donors (Lipinski definition) is 1. The number of carbonyl (C=O) groups excluding carboxylic acids is 1. The first kappa shape index (κ1) is 19.1. The van der Waals surface area contributed by atoms with Crippen molar-refractivity contribution in [2.45, 2.75) is 6.54 Å². The van der Waals surface area contributed by atoms with Crippen molar-refractivity contribution in [2.24, 2.45) is 0 Å². The van der Waals surface area contributed by atoms with Crippen molar-refractivity contribution in [3.63, 3.8) is 0 Å². The fourth-order valence-corrected chi connectivity index (χ4v) is 2.46. The first-order chi connectivity index (χ1) is 13.7. The monoisotopic (exact) mass is 380 g/mol. The van der Waals surface area contributed by atoms with Gasteiger partial charge in [-0.15, -0.1) is 0 Å². The molecule has 0 unspecified atom stereocenters. The second-order valence-electron chi connectivity index (χ2n) is 5.82. The first-order valence-electron chi connectivity index (χ1n) is 8.68. The number of hydrogen-bond acceptors (Lipinski definition) is 6. The molecule has 0 aliphatic rings. The van der Waals surface area contributed by atoms with Gasteiger partial charge < -0.3 is 14.8 Å². The highest BCUT2D eigenvalue weighted by atomic mass is 16.5. The third kappa shape index (κ3) is 5.16. The Bertz CT molecular complexity index is 972. The van der Waals surface area contributed by atoms with Crippen LogP contribution in [0.5, 0.6) is 11.5 Å². The highest BCUT2D eigenvalue weighted by molar-refractivity contribution is 5.75. The SMILES string of the molecule is COc1ccc(OCCNC(=O)Cn2nc(-c3ccncc3)ccc2=O)cc1. The molecule has 0 aliphatic heterocycles. The minimum absolute atomic E-state index is 0.166. The van der Waals surface area contributed by atoms with Crippen molar-refractivity contribution in [2.75, 3.05) is 20.3 Å². The average Bonchev–Trinajstić information content (AvgIpc) is 2.74. The molecule has 0 radical (unpaired) electrons. The zero-order valence-electron chi connectivity index (χ0n) is 15.4. The van der Waals surface area contributed by atoms with Gasteiger partial charge in [-0.3, -0.25) is 14.6 Å². The molecule has 28 heavy (non-hydrogen) atoms. The van der Waals surface area contributed by atoms with Gasteiger partial charge in [-0.2, -0.15) is 5.10 Å². The van der Waals surface area contributed by atoms with Crippen LogP contribution in [0.15, 0.2) is 65.7 Å². The van der Waals surface area contributed by atoms with E-state index in [2.05, 4.69) is 15.4 Å². The van der Waals surface area contributed by atoms with Gasteiger partial charge in [0.15, 0.2) is 0 Å². The molecule has 0 spiro atoms. The molecule has 3 aromatic rings. The number of aromatic nitrogens is 3. The molecule has 1 N–H and O–H groups in total. The maximum absolute atomic E-state index is 12.1. The van der Waals surface area contributed by atoms with Crippen LogP contribution in [0.25, 0.3) is 11.3 Å². The summed E-state index contributed by atoms with van der Waals surface area (Å²) in [6.45, 7) is 0.446. The summed E-state index contributed by atoms with van der Waals surface area (Å²) in [6, 6.07) is 13.7. The Labute approximate surface area is 161 Å². The molecule has 0 bridgehead atoms. The van der Waals surface area contributed by atoms with Gasteiger partial charge in [0.05, 0.1) is 19.3 Å². The third-order valence-electron chi connectivity index (χ3n) is 3.89. The minimum Gasteiger partial charge on any atom is -0.497 e. The molecular weight excluding hydrogens is 360 g/mol. The number of methoxy groups -OCH3 is 1. The van der Waals surface area contributed by atoms with Gasteiger partial charge in [0.25, 0.3) is 5.56 Å². The van der Waals surface area contributed by atoms with Gasteiger partial charge in [-0.25, -0.2) is 4.68 Å². The van der Waals surface area contributed by atoms with E-state index in [0.29, 0.717) is 24.6 Å². The summed E-state index contributed by atoms with van der Waals surface area (Å²) >= 11 is 0. The Morgan fingerprint density at radius 1 is 1.04 bits per heavy atom. The van der Waals surface area contributed by atoms with E-state index in [-0.39, 0.29) is 18.0 Å². The molecule has 0 aliphatic carbocycles. The summed E-state index contributed by atoms with van der Waals surface area (Å²) in [4.78, 5) is 28.0. The van der Waals surface area contributed by atoms with Gasteiger partial charge >= 0.3 is 0 Å². The lowest BCUT2D eigenvalue weighted by atomic mass is 10.2. The Hall–Kier alpha value is -3.68. The van der Waals surface area contributed by atoms with Crippen LogP contribution < -0.4 is 20.3 Å². The number of ether oxygens (including phenoxy) is 2. The summed E-state index contributed by atoms with van der Waals surface area (Å²) in [5.41, 5.74) is 1.07. The fourth-order valence-electron chi connectivity index (χ4n) is 2.46. The molecule has 3 rings (SSSR count). The zero-order chi connectivity index (χ0) is 19.8. The fraction of sp³-hybridized carbons (Fsp3) is 0.200. The molecule has 8 nitrogen and oxygen atoms in total. The lowest BCUT2D eigenvalue weighted by Crippen LogP contribution is -2.35. The number of nitrogens with one attached hydrogen (secondary N) is 1. The largest absolute Gasteiger partial charge is 0.497 e. The Morgan fingerprint density at radius 3 is 2.46 bits per heavy atom. The number of rotatable bonds is 8. The van der Waals surface area contributed by atoms with Gasteiger partial charge in [0.2, 0.25) is 5.91 Å². The van der Waals surface area contributed by atoms with Gasteiger partial charge in [0, 0.05) is 24.0 Å². The Kier molecular flexibility index (Phi) is 6.35. The summed E-state index contributed by atoms with van der Waals surface area (Å²) in [5.74, 6) is 1.10. The predicted molar refractivity (Wildman–Crippen MR) is 103 cm³/mol. The zero-order valence-corrected chi connectivity index (χ0v) is 15.4. The molecular formula is C20H20N4O4. The Morgan fingerprint density at radius 2 is 1.75 bits per heavy atom. The van der Waals surface area contributed by atoms with Crippen molar-refractivity contribution >= 4 is 5.91 Å². The van der Waals surface area contributed by atoms with E-state index in [4.69, 9.17) is 9.47 Å². The maximum atomic E-state index is 12.1. The van der Waals surface area contributed by atoms with Crippen molar-refractivity contribution in [3.05, 3.63) is 71.3 Å². The van der Waals surface area contributed by atoms with E-state index in [0.717, 1.165) is 16.0 Å². The highest BCUT2D eigenvalue weighted by Gasteiger charge is 2.08. The van der Waals surface area contributed by atoms with Crippen molar-refractivity contribution in [1.82, 2.24) is 20.1 Å². The van der Waals surface area contributed by atoms with Crippen LogP contribution in [0, 0.1) is 0 Å². The van der Waals surface area contributed by atoms with Crippen LogP contribution in [0.2, 0.25) is 0 Å².